The van der Waals surface area contributed by atoms with Crippen LogP contribution in [-0.4, -0.2) is 35.9 Å². The maximum Gasteiger partial charge on any atom is 0.317 e. The predicted octanol–water partition coefficient (Wildman–Crippen LogP) is 4.80. The average Bonchev–Trinajstić information content (AvgIpc) is 3.20. The van der Waals surface area contributed by atoms with E-state index in [4.69, 9.17) is 9.84 Å². The van der Waals surface area contributed by atoms with Gasteiger partial charge in [0.25, 0.3) is 0 Å². The lowest BCUT2D eigenvalue weighted by Gasteiger charge is -2.17. The first-order chi connectivity index (χ1) is 16.4. The lowest BCUT2D eigenvalue weighted by molar-refractivity contribution is 0.175. The van der Waals surface area contributed by atoms with Crippen molar-refractivity contribution in [2.75, 3.05) is 5.32 Å². The molecule has 2 heterocycles. The molecule has 11 heteroatoms. The van der Waals surface area contributed by atoms with E-state index in [0.29, 0.717) is 22.8 Å². The van der Waals surface area contributed by atoms with Crippen molar-refractivity contribution in [3.63, 3.8) is 0 Å². The largest absolute Gasteiger partial charge is 0.495 e. The molecular weight excluding hydrogens is 457 g/mol. The van der Waals surface area contributed by atoms with Crippen LogP contribution in [0, 0.1) is 5.82 Å². The molecule has 3 aromatic rings. The summed E-state index contributed by atoms with van der Waals surface area (Å²) in [5.41, 5.74) is 1.40. The van der Waals surface area contributed by atoms with Gasteiger partial charge < -0.3 is 15.2 Å². The SMILES string of the molecule is C=C(O)NSc1ccc(Nc2ncc(C3CCC(Oc4nncn4C4(C)CC4)C3)cn2)c(F)c1. The first-order valence-electron chi connectivity index (χ1n) is 11.2. The van der Waals surface area contributed by atoms with Gasteiger partial charge in [-0.2, -0.15) is 0 Å². The molecule has 2 atom stereocenters. The summed E-state index contributed by atoms with van der Waals surface area (Å²) in [6.45, 7) is 5.52. The maximum absolute atomic E-state index is 14.4. The van der Waals surface area contributed by atoms with E-state index < -0.39 is 5.82 Å². The van der Waals surface area contributed by atoms with Crippen LogP contribution in [-0.2, 0) is 5.54 Å². The van der Waals surface area contributed by atoms with Gasteiger partial charge in [0, 0.05) is 22.8 Å². The van der Waals surface area contributed by atoms with Crippen LogP contribution < -0.4 is 14.8 Å². The number of halogens is 1. The van der Waals surface area contributed by atoms with Gasteiger partial charge in [0.05, 0.1) is 5.69 Å². The van der Waals surface area contributed by atoms with Gasteiger partial charge in [0.1, 0.15) is 18.2 Å². The van der Waals surface area contributed by atoms with Crippen molar-refractivity contribution < 1.29 is 14.2 Å². The van der Waals surface area contributed by atoms with Gasteiger partial charge in [-0.25, -0.2) is 14.4 Å². The van der Waals surface area contributed by atoms with Gasteiger partial charge in [0.15, 0.2) is 5.88 Å². The highest BCUT2D eigenvalue weighted by molar-refractivity contribution is 7.97. The van der Waals surface area contributed by atoms with Crippen LogP contribution in [0.2, 0.25) is 0 Å². The normalized spacial score (nSPS) is 20.6. The Hall–Kier alpha value is -3.34. The fourth-order valence-electron chi connectivity index (χ4n) is 4.11. The maximum atomic E-state index is 14.4. The van der Waals surface area contributed by atoms with E-state index in [-0.39, 0.29) is 23.2 Å². The van der Waals surface area contributed by atoms with E-state index in [0.717, 1.165) is 49.6 Å². The number of nitrogens with one attached hydrogen (secondary N) is 2. The van der Waals surface area contributed by atoms with Crippen LogP contribution in [0.4, 0.5) is 16.0 Å². The fraction of sp³-hybridized carbons (Fsp3) is 0.391. The Morgan fingerprint density at radius 2 is 2.09 bits per heavy atom. The number of rotatable bonds is 9. The molecule has 2 aromatic heterocycles. The molecule has 3 N–H and O–H groups in total. The highest BCUT2D eigenvalue weighted by Crippen LogP contribution is 2.45. The van der Waals surface area contributed by atoms with Crippen LogP contribution in [0.5, 0.6) is 6.01 Å². The van der Waals surface area contributed by atoms with Gasteiger partial charge in [0.2, 0.25) is 5.95 Å². The number of aliphatic hydroxyl groups excluding tert-OH is 1. The lowest BCUT2D eigenvalue weighted by atomic mass is 10.0. The van der Waals surface area contributed by atoms with E-state index in [2.05, 4.69) is 43.7 Å². The molecule has 0 spiro atoms. The highest BCUT2D eigenvalue weighted by Gasteiger charge is 2.42. The standard InChI is InChI=1S/C23H26FN7O2S/c1-14(32)30-34-18-5-6-20(19(24)10-18)28-21-25-11-16(12-26-21)15-3-4-17(9-15)33-22-29-27-13-31(22)23(2)7-8-23/h5-6,10-13,15,17,30,32H,1,3-4,7-9H2,2H3,(H,25,26,28). The second kappa shape index (κ2) is 9.13. The lowest BCUT2D eigenvalue weighted by Crippen LogP contribution is -2.19. The molecule has 0 bridgehead atoms. The Bertz CT molecular complexity index is 1180. The average molecular weight is 484 g/mol. The van der Waals surface area contributed by atoms with E-state index in [1.54, 1.807) is 30.9 Å². The van der Waals surface area contributed by atoms with Crippen molar-refractivity contribution in [2.45, 2.75) is 61.5 Å². The smallest absolute Gasteiger partial charge is 0.317 e. The minimum absolute atomic E-state index is 0.0797. The van der Waals surface area contributed by atoms with Gasteiger partial charge in [-0.3, -0.25) is 9.29 Å². The summed E-state index contributed by atoms with van der Waals surface area (Å²) in [7, 11) is 0. The first kappa shape index (κ1) is 22.5. The van der Waals surface area contributed by atoms with Crippen molar-refractivity contribution in [3.8, 4) is 6.01 Å². The molecule has 2 aliphatic rings. The molecule has 0 aliphatic heterocycles. The zero-order valence-electron chi connectivity index (χ0n) is 18.7. The van der Waals surface area contributed by atoms with Crippen molar-refractivity contribution in [2.24, 2.45) is 0 Å². The Morgan fingerprint density at radius 1 is 1.29 bits per heavy atom. The summed E-state index contributed by atoms with van der Waals surface area (Å²) in [4.78, 5) is 9.35. The third-order valence-corrected chi connectivity index (χ3v) is 7.17. The number of hydrogen-bond donors (Lipinski definition) is 3. The van der Waals surface area contributed by atoms with Crippen LogP contribution in [0.1, 0.15) is 50.5 Å². The summed E-state index contributed by atoms with van der Waals surface area (Å²) in [5, 5.41) is 20.2. The van der Waals surface area contributed by atoms with Crippen LogP contribution in [0.25, 0.3) is 0 Å². The van der Waals surface area contributed by atoms with Gasteiger partial charge in [-0.1, -0.05) is 5.10 Å². The molecule has 0 amide bonds. The summed E-state index contributed by atoms with van der Waals surface area (Å²) in [5.74, 6) is -0.0286. The zero-order chi connectivity index (χ0) is 23.7. The van der Waals surface area contributed by atoms with Gasteiger partial charge in [-0.05, 0) is 87.2 Å². The summed E-state index contributed by atoms with van der Waals surface area (Å²) in [6.07, 6.45) is 10.4. The fourth-order valence-corrected chi connectivity index (χ4v) is 4.64. The Balaban J connectivity index is 1.17. The van der Waals surface area contributed by atoms with E-state index in [1.807, 2.05) is 4.57 Å². The number of benzene rings is 1. The number of anilines is 2. The number of ether oxygens (including phenoxy) is 1. The number of hydrogen-bond acceptors (Lipinski definition) is 9. The van der Waals surface area contributed by atoms with Crippen molar-refractivity contribution in [3.05, 3.63) is 60.8 Å². The molecular formula is C23H26FN7O2S. The molecule has 34 heavy (non-hydrogen) atoms. The van der Waals surface area contributed by atoms with E-state index in [1.165, 1.54) is 6.07 Å². The highest BCUT2D eigenvalue weighted by atomic mass is 32.2. The monoisotopic (exact) mass is 483 g/mol. The molecule has 2 unspecified atom stereocenters. The van der Waals surface area contributed by atoms with E-state index >= 15 is 0 Å². The number of aromatic nitrogens is 5. The van der Waals surface area contributed by atoms with Crippen LogP contribution >= 0.6 is 11.9 Å². The number of aliphatic hydroxyl groups is 1. The minimum atomic E-state index is -0.452. The molecule has 9 nitrogen and oxygen atoms in total. The zero-order valence-corrected chi connectivity index (χ0v) is 19.6. The molecule has 2 aliphatic carbocycles. The van der Waals surface area contributed by atoms with Crippen molar-refractivity contribution >= 4 is 23.6 Å². The third kappa shape index (κ3) is 4.93. The Morgan fingerprint density at radius 3 is 2.79 bits per heavy atom. The minimum Gasteiger partial charge on any atom is -0.495 e. The molecule has 2 fully saturated rings. The molecule has 0 saturated heterocycles. The molecule has 5 rings (SSSR count). The van der Waals surface area contributed by atoms with Crippen LogP contribution in [0.15, 0.2) is 54.3 Å². The van der Waals surface area contributed by atoms with Crippen LogP contribution in [0.3, 0.4) is 0 Å². The molecule has 0 radical (unpaired) electrons. The molecule has 2 saturated carbocycles. The Kier molecular flexibility index (Phi) is 6.03. The second-order valence-electron chi connectivity index (χ2n) is 8.99. The van der Waals surface area contributed by atoms with Gasteiger partial charge in [-0.15, -0.1) is 5.10 Å². The second-order valence-corrected chi connectivity index (χ2v) is 9.87. The topological polar surface area (TPSA) is 110 Å². The van der Waals surface area contributed by atoms with E-state index in [9.17, 15) is 4.39 Å². The molecule has 178 valence electrons. The third-order valence-electron chi connectivity index (χ3n) is 6.35. The first-order valence-corrected chi connectivity index (χ1v) is 12.0. The van der Waals surface area contributed by atoms with Crippen molar-refractivity contribution in [1.29, 1.82) is 0 Å². The summed E-state index contributed by atoms with van der Waals surface area (Å²) >= 11 is 1.06. The quantitative estimate of drug-likeness (QED) is 0.292. The number of nitrogens with zero attached hydrogens (tertiary/aromatic N) is 5. The van der Waals surface area contributed by atoms with Crippen molar-refractivity contribution in [1.82, 2.24) is 29.5 Å². The summed E-state index contributed by atoms with van der Waals surface area (Å²) in [6, 6.07) is 5.25. The summed E-state index contributed by atoms with van der Waals surface area (Å²) < 4.78 is 25.2. The van der Waals surface area contributed by atoms with Gasteiger partial charge >= 0.3 is 6.01 Å². The molecule has 1 aromatic carbocycles. The Labute approximate surface area is 201 Å². The predicted molar refractivity (Wildman–Crippen MR) is 126 cm³/mol.